The predicted molar refractivity (Wildman–Crippen MR) is 50.7 cm³/mol. The van der Waals surface area contributed by atoms with Crippen LogP contribution >= 0.6 is 0 Å². The van der Waals surface area contributed by atoms with Gasteiger partial charge in [0.25, 0.3) is 0 Å². The molecule has 0 bridgehead atoms. The molecule has 1 aliphatic heterocycles. The molecule has 0 radical (unpaired) electrons. The van der Waals surface area contributed by atoms with Crippen LogP contribution in [0.25, 0.3) is 0 Å². The maximum absolute atomic E-state index is 11.7. The Morgan fingerprint density at radius 3 is 2.92 bits per heavy atom. The average molecular weight is 186 g/mol. The van der Waals surface area contributed by atoms with Gasteiger partial charge in [0, 0.05) is 20.1 Å². The van der Waals surface area contributed by atoms with E-state index < -0.39 is 0 Å². The first-order valence-electron chi connectivity index (χ1n) is 4.76. The third kappa shape index (κ3) is 2.34. The average Bonchev–Trinajstić information content (AvgIpc) is 2.16. The van der Waals surface area contributed by atoms with E-state index in [9.17, 15) is 4.79 Å². The zero-order valence-electron chi connectivity index (χ0n) is 8.62. The van der Waals surface area contributed by atoms with Crippen molar-refractivity contribution in [3.05, 3.63) is 0 Å². The lowest BCUT2D eigenvalue weighted by molar-refractivity contribution is 0.0122. The van der Waals surface area contributed by atoms with Gasteiger partial charge >= 0.3 is 6.03 Å². The summed E-state index contributed by atoms with van der Waals surface area (Å²) in [5, 5.41) is 0. The fraction of sp³-hybridized carbons (Fsp3) is 0.889. The Morgan fingerprint density at radius 2 is 2.38 bits per heavy atom. The van der Waals surface area contributed by atoms with Crippen LogP contribution in [0.15, 0.2) is 0 Å². The lowest BCUT2D eigenvalue weighted by Gasteiger charge is -2.35. The molecule has 0 N–H and O–H groups in total. The Labute approximate surface area is 79.4 Å². The predicted octanol–water partition coefficient (Wildman–Crippen LogP) is 0.779. The molecule has 0 aromatic rings. The molecule has 1 saturated heterocycles. The molecule has 0 spiro atoms. The lowest BCUT2D eigenvalue weighted by Crippen LogP contribution is -2.51. The van der Waals surface area contributed by atoms with E-state index in [2.05, 4.69) is 0 Å². The Hall–Kier alpha value is -0.770. The number of carbonyl (C=O) groups is 1. The third-order valence-electron chi connectivity index (χ3n) is 2.41. The van der Waals surface area contributed by atoms with Gasteiger partial charge in [0.15, 0.2) is 0 Å². The molecule has 0 aromatic carbocycles. The Morgan fingerprint density at radius 1 is 1.69 bits per heavy atom. The summed E-state index contributed by atoms with van der Waals surface area (Å²) >= 11 is 0. The monoisotopic (exact) mass is 186 g/mol. The van der Waals surface area contributed by atoms with Crippen LogP contribution < -0.4 is 0 Å². The Bertz CT molecular complexity index is 184. The summed E-state index contributed by atoms with van der Waals surface area (Å²) in [4.78, 5) is 15.3. The largest absolute Gasteiger partial charge is 0.377 e. The highest BCUT2D eigenvalue weighted by Gasteiger charge is 2.25. The molecule has 0 aromatic heterocycles. The fourth-order valence-corrected chi connectivity index (χ4v) is 1.37. The first kappa shape index (κ1) is 10.3. The van der Waals surface area contributed by atoms with E-state index >= 15 is 0 Å². The van der Waals surface area contributed by atoms with Crippen molar-refractivity contribution in [2.75, 3.05) is 33.4 Å². The summed E-state index contributed by atoms with van der Waals surface area (Å²) in [6, 6.07) is 0.313. The standard InChI is InChI=1S/C9H18N2O2/c1-4-10(3)9(12)11-5-6-13-7-8(11)2/h8H,4-7H2,1-3H3. The van der Waals surface area contributed by atoms with Gasteiger partial charge in [0.1, 0.15) is 0 Å². The van der Waals surface area contributed by atoms with Crippen molar-refractivity contribution < 1.29 is 9.53 Å². The van der Waals surface area contributed by atoms with E-state index in [1.165, 1.54) is 0 Å². The highest BCUT2D eigenvalue weighted by molar-refractivity contribution is 5.74. The summed E-state index contributed by atoms with van der Waals surface area (Å²) in [6.45, 7) is 6.77. The summed E-state index contributed by atoms with van der Waals surface area (Å²) < 4.78 is 5.26. The molecular formula is C9H18N2O2. The van der Waals surface area contributed by atoms with E-state index in [0.717, 1.165) is 6.54 Å². The quantitative estimate of drug-likeness (QED) is 0.606. The van der Waals surface area contributed by atoms with E-state index in [0.29, 0.717) is 19.8 Å². The van der Waals surface area contributed by atoms with Crippen molar-refractivity contribution in [1.29, 1.82) is 0 Å². The van der Waals surface area contributed by atoms with Gasteiger partial charge in [0.05, 0.1) is 19.3 Å². The molecular weight excluding hydrogens is 168 g/mol. The summed E-state index contributed by atoms with van der Waals surface area (Å²) in [6.07, 6.45) is 0. The smallest absolute Gasteiger partial charge is 0.320 e. The normalized spacial score (nSPS) is 23.0. The molecule has 2 amide bonds. The van der Waals surface area contributed by atoms with Crippen LogP contribution in [0.2, 0.25) is 0 Å². The molecule has 13 heavy (non-hydrogen) atoms. The molecule has 1 fully saturated rings. The summed E-state index contributed by atoms with van der Waals surface area (Å²) in [5.74, 6) is 0. The van der Waals surface area contributed by atoms with Gasteiger partial charge in [0.2, 0.25) is 0 Å². The van der Waals surface area contributed by atoms with Crippen molar-refractivity contribution in [2.24, 2.45) is 0 Å². The van der Waals surface area contributed by atoms with Gasteiger partial charge in [-0.3, -0.25) is 0 Å². The van der Waals surface area contributed by atoms with E-state index in [4.69, 9.17) is 4.74 Å². The zero-order valence-corrected chi connectivity index (χ0v) is 8.62. The van der Waals surface area contributed by atoms with E-state index in [1.807, 2.05) is 25.8 Å². The van der Waals surface area contributed by atoms with Crippen LogP contribution in [-0.4, -0.2) is 55.2 Å². The first-order chi connectivity index (χ1) is 6.16. The number of amides is 2. The molecule has 1 heterocycles. The number of nitrogens with zero attached hydrogens (tertiary/aromatic N) is 2. The molecule has 4 nitrogen and oxygen atoms in total. The number of hydrogen-bond acceptors (Lipinski definition) is 2. The molecule has 1 aliphatic rings. The van der Waals surface area contributed by atoms with Gasteiger partial charge in [-0.15, -0.1) is 0 Å². The molecule has 0 saturated carbocycles. The van der Waals surface area contributed by atoms with Gasteiger partial charge in [-0.1, -0.05) is 0 Å². The molecule has 1 rings (SSSR count). The minimum atomic E-state index is 0.110. The van der Waals surface area contributed by atoms with Gasteiger partial charge < -0.3 is 14.5 Å². The topological polar surface area (TPSA) is 32.8 Å². The number of ether oxygens (including phenoxy) is 1. The number of morpholine rings is 1. The van der Waals surface area contributed by atoms with E-state index in [-0.39, 0.29) is 12.1 Å². The van der Waals surface area contributed by atoms with Crippen LogP contribution in [0.1, 0.15) is 13.8 Å². The highest BCUT2D eigenvalue weighted by Crippen LogP contribution is 2.08. The van der Waals surface area contributed by atoms with Crippen LogP contribution in [0.5, 0.6) is 0 Å². The summed E-state index contributed by atoms with van der Waals surface area (Å²) in [5.41, 5.74) is 0. The Balaban J connectivity index is 2.53. The summed E-state index contributed by atoms with van der Waals surface area (Å²) in [7, 11) is 1.82. The minimum Gasteiger partial charge on any atom is -0.377 e. The van der Waals surface area contributed by atoms with Crippen molar-refractivity contribution in [3.8, 4) is 0 Å². The number of hydrogen-bond donors (Lipinski definition) is 0. The van der Waals surface area contributed by atoms with Crippen molar-refractivity contribution in [1.82, 2.24) is 9.80 Å². The molecule has 1 unspecified atom stereocenters. The fourth-order valence-electron chi connectivity index (χ4n) is 1.37. The van der Waals surface area contributed by atoms with Gasteiger partial charge in [-0.2, -0.15) is 0 Å². The van der Waals surface area contributed by atoms with Gasteiger partial charge in [-0.05, 0) is 13.8 Å². The second-order valence-electron chi connectivity index (χ2n) is 3.41. The van der Waals surface area contributed by atoms with Crippen molar-refractivity contribution in [3.63, 3.8) is 0 Å². The molecule has 1 atom stereocenters. The zero-order chi connectivity index (χ0) is 9.84. The van der Waals surface area contributed by atoms with Gasteiger partial charge in [-0.25, -0.2) is 4.79 Å². The second kappa shape index (κ2) is 4.46. The SMILES string of the molecule is CCN(C)C(=O)N1CCOCC1C. The van der Waals surface area contributed by atoms with Crippen LogP contribution in [-0.2, 0) is 4.74 Å². The first-order valence-corrected chi connectivity index (χ1v) is 4.76. The maximum Gasteiger partial charge on any atom is 0.320 e. The number of carbonyl (C=O) groups excluding carboxylic acids is 1. The third-order valence-corrected chi connectivity index (χ3v) is 2.41. The second-order valence-corrected chi connectivity index (χ2v) is 3.41. The highest BCUT2D eigenvalue weighted by atomic mass is 16.5. The lowest BCUT2D eigenvalue weighted by atomic mass is 10.3. The molecule has 4 heteroatoms. The minimum absolute atomic E-state index is 0.110. The molecule has 76 valence electrons. The molecule has 0 aliphatic carbocycles. The van der Waals surface area contributed by atoms with E-state index in [1.54, 1.807) is 4.90 Å². The number of rotatable bonds is 1. The Kier molecular flexibility index (Phi) is 3.54. The van der Waals surface area contributed by atoms with Crippen LogP contribution in [0.3, 0.4) is 0 Å². The van der Waals surface area contributed by atoms with Crippen molar-refractivity contribution >= 4 is 6.03 Å². The van der Waals surface area contributed by atoms with Crippen molar-refractivity contribution in [2.45, 2.75) is 19.9 Å². The van der Waals surface area contributed by atoms with Crippen LogP contribution in [0.4, 0.5) is 4.79 Å². The maximum atomic E-state index is 11.7. The number of urea groups is 1. The van der Waals surface area contributed by atoms with Crippen LogP contribution in [0, 0.1) is 0 Å².